The molecule has 1 nitrogen and oxygen atoms in total. The van der Waals surface area contributed by atoms with Crippen molar-refractivity contribution in [3.8, 4) is 0 Å². The normalized spacial score (nSPS) is 31.5. The fourth-order valence-corrected chi connectivity index (χ4v) is 4.70. The first kappa shape index (κ1) is 14.5. The molecule has 5 atom stereocenters. The number of halogens is 2. The summed E-state index contributed by atoms with van der Waals surface area (Å²) in [6.45, 7) is 4.49. The molecule has 110 valence electrons. The van der Waals surface area contributed by atoms with E-state index in [-0.39, 0.29) is 11.9 Å². The smallest absolute Gasteiger partial charge is 0.137 e. The van der Waals surface area contributed by atoms with Crippen LogP contribution in [0.15, 0.2) is 22.7 Å². The zero-order valence-corrected chi connectivity index (χ0v) is 13.8. The molecule has 2 fully saturated rings. The Morgan fingerprint density at radius 1 is 1.25 bits per heavy atom. The first-order valence-corrected chi connectivity index (χ1v) is 8.55. The fourth-order valence-electron chi connectivity index (χ4n) is 4.30. The van der Waals surface area contributed by atoms with Crippen molar-refractivity contribution in [3.63, 3.8) is 0 Å². The van der Waals surface area contributed by atoms with Crippen LogP contribution < -0.4 is 5.32 Å². The van der Waals surface area contributed by atoms with Crippen molar-refractivity contribution in [2.45, 2.75) is 51.6 Å². The van der Waals surface area contributed by atoms with Gasteiger partial charge in [0.05, 0.1) is 4.47 Å². The van der Waals surface area contributed by atoms with Crippen LogP contribution in [0.1, 0.15) is 51.1 Å². The van der Waals surface area contributed by atoms with Crippen LogP contribution in [0.3, 0.4) is 0 Å². The van der Waals surface area contributed by atoms with Gasteiger partial charge in [-0.25, -0.2) is 4.39 Å². The molecule has 0 aliphatic heterocycles. The summed E-state index contributed by atoms with van der Waals surface area (Å²) in [5.41, 5.74) is 1.15. The van der Waals surface area contributed by atoms with E-state index in [0.717, 1.165) is 23.3 Å². The minimum absolute atomic E-state index is 0.192. The topological polar surface area (TPSA) is 12.0 Å². The summed E-state index contributed by atoms with van der Waals surface area (Å²) in [5.74, 6) is 2.57. The quantitative estimate of drug-likeness (QED) is 0.807. The maximum absolute atomic E-state index is 13.3. The molecular weight excluding hydrogens is 317 g/mol. The number of benzene rings is 1. The van der Waals surface area contributed by atoms with Gasteiger partial charge in [0.2, 0.25) is 0 Å². The molecule has 2 aliphatic rings. The maximum Gasteiger partial charge on any atom is 0.137 e. The number of fused-ring (bicyclic) bond motifs is 2. The van der Waals surface area contributed by atoms with Crippen LogP contribution in [0.4, 0.5) is 4.39 Å². The second-order valence-corrected chi connectivity index (χ2v) is 7.54. The molecule has 2 bridgehead atoms. The maximum atomic E-state index is 13.3. The monoisotopic (exact) mass is 339 g/mol. The SMILES string of the molecule is CC(NC(C)C1CC2CCC1C2)c1ccc(F)c(Br)c1. The Hall–Kier alpha value is -0.410. The second kappa shape index (κ2) is 5.76. The van der Waals surface area contributed by atoms with E-state index in [4.69, 9.17) is 0 Å². The molecule has 0 heterocycles. The number of hydrogen-bond acceptors (Lipinski definition) is 1. The highest BCUT2D eigenvalue weighted by Crippen LogP contribution is 2.49. The molecule has 3 rings (SSSR count). The number of rotatable bonds is 4. The van der Waals surface area contributed by atoms with Gasteiger partial charge in [0.25, 0.3) is 0 Å². The molecular formula is C17H23BrFN. The summed E-state index contributed by atoms with van der Waals surface area (Å²) in [6.07, 6.45) is 5.73. The van der Waals surface area contributed by atoms with Crippen molar-refractivity contribution in [1.29, 1.82) is 0 Å². The van der Waals surface area contributed by atoms with Gasteiger partial charge in [-0.3, -0.25) is 0 Å². The lowest BCUT2D eigenvalue weighted by molar-refractivity contribution is 0.248. The molecule has 5 unspecified atom stereocenters. The average Bonchev–Trinajstić information content (AvgIpc) is 3.04. The molecule has 1 N–H and O–H groups in total. The van der Waals surface area contributed by atoms with E-state index in [2.05, 4.69) is 35.1 Å². The largest absolute Gasteiger partial charge is 0.307 e. The third-order valence-corrected chi connectivity index (χ3v) is 6.00. The minimum Gasteiger partial charge on any atom is -0.307 e. The lowest BCUT2D eigenvalue weighted by atomic mass is 9.83. The highest BCUT2D eigenvalue weighted by Gasteiger charge is 2.41. The third-order valence-electron chi connectivity index (χ3n) is 5.39. The van der Waals surface area contributed by atoms with Gasteiger partial charge >= 0.3 is 0 Å². The van der Waals surface area contributed by atoms with Crippen LogP contribution in [0.5, 0.6) is 0 Å². The standard InChI is InChI=1S/C17H23BrFN/c1-10(13-5-6-17(19)16(18)9-13)20-11(2)15-8-12-3-4-14(15)7-12/h5-6,9-12,14-15,20H,3-4,7-8H2,1-2H3. The lowest BCUT2D eigenvalue weighted by Crippen LogP contribution is -2.37. The van der Waals surface area contributed by atoms with E-state index in [0.29, 0.717) is 10.5 Å². The van der Waals surface area contributed by atoms with Gasteiger partial charge in [0.15, 0.2) is 0 Å². The lowest BCUT2D eigenvalue weighted by Gasteiger charge is -2.31. The Kier molecular flexibility index (Phi) is 4.19. The zero-order chi connectivity index (χ0) is 14.3. The zero-order valence-electron chi connectivity index (χ0n) is 12.2. The van der Waals surface area contributed by atoms with Gasteiger partial charge in [0.1, 0.15) is 5.82 Å². The van der Waals surface area contributed by atoms with Crippen LogP contribution in [-0.2, 0) is 0 Å². The van der Waals surface area contributed by atoms with E-state index in [9.17, 15) is 4.39 Å². The molecule has 0 spiro atoms. The summed E-state index contributed by atoms with van der Waals surface area (Å²) in [4.78, 5) is 0. The third kappa shape index (κ3) is 2.80. The van der Waals surface area contributed by atoms with Crippen LogP contribution in [-0.4, -0.2) is 6.04 Å². The molecule has 1 aromatic rings. The molecule has 0 aromatic heterocycles. The first-order chi connectivity index (χ1) is 9.54. The molecule has 0 radical (unpaired) electrons. The Bertz CT molecular complexity index is 490. The van der Waals surface area contributed by atoms with E-state index in [1.54, 1.807) is 6.07 Å². The summed E-state index contributed by atoms with van der Waals surface area (Å²) in [6, 6.07) is 6.12. The Balaban J connectivity index is 1.63. The molecule has 1 aromatic carbocycles. The van der Waals surface area contributed by atoms with Crippen molar-refractivity contribution in [3.05, 3.63) is 34.1 Å². The van der Waals surface area contributed by atoms with Crippen LogP contribution in [0, 0.1) is 23.6 Å². The van der Waals surface area contributed by atoms with Gasteiger partial charge in [-0.1, -0.05) is 12.5 Å². The van der Waals surface area contributed by atoms with Crippen LogP contribution in [0.25, 0.3) is 0 Å². The average molecular weight is 340 g/mol. The molecule has 0 amide bonds. The van der Waals surface area contributed by atoms with Crippen molar-refractivity contribution >= 4 is 15.9 Å². The van der Waals surface area contributed by atoms with Gasteiger partial charge < -0.3 is 5.32 Å². The Labute approximate surface area is 129 Å². The van der Waals surface area contributed by atoms with Crippen molar-refractivity contribution in [2.75, 3.05) is 0 Å². The Morgan fingerprint density at radius 3 is 2.65 bits per heavy atom. The first-order valence-electron chi connectivity index (χ1n) is 7.75. The minimum atomic E-state index is -0.192. The molecule has 2 saturated carbocycles. The van der Waals surface area contributed by atoms with Gasteiger partial charge in [-0.15, -0.1) is 0 Å². The van der Waals surface area contributed by atoms with E-state index in [1.165, 1.54) is 25.7 Å². The highest BCUT2D eigenvalue weighted by atomic mass is 79.9. The summed E-state index contributed by atoms with van der Waals surface area (Å²) in [5, 5.41) is 3.73. The van der Waals surface area contributed by atoms with Crippen LogP contribution in [0.2, 0.25) is 0 Å². The fraction of sp³-hybridized carbons (Fsp3) is 0.647. The van der Waals surface area contributed by atoms with Gasteiger partial charge in [-0.2, -0.15) is 0 Å². The van der Waals surface area contributed by atoms with E-state index < -0.39 is 0 Å². The second-order valence-electron chi connectivity index (χ2n) is 6.69. The molecule has 3 heteroatoms. The van der Waals surface area contributed by atoms with Gasteiger partial charge in [0, 0.05) is 12.1 Å². The van der Waals surface area contributed by atoms with E-state index >= 15 is 0 Å². The molecule has 0 saturated heterocycles. The highest BCUT2D eigenvalue weighted by molar-refractivity contribution is 9.10. The number of hydrogen-bond donors (Lipinski definition) is 1. The predicted octanol–water partition coefficient (Wildman–Crippen LogP) is 5.06. The summed E-state index contributed by atoms with van der Waals surface area (Å²) < 4.78 is 13.9. The Morgan fingerprint density at radius 2 is 2.05 bits per heavy atom. The molecule has 20 heavy (non-hydrogen) atoms. The summed E-state index contributed by atoms with van der Waals surface area (Å²) in [7, 11) is 0. The van der Waals surface area contributed by atoms with Crippen molar-refractivity contribution in [1.82, 2.24) is 5.32 Å². The molecule has 2 aliphatic carbocycles. The number of nitrogens with one attached hydrogen (secondary N) is 1. The van der Waals surface area contributed by atoms with Crippen LogP contribution >= 0.6 is 15.9 Å². The van der Waals surface area contributed by atoms with Crippen molar-refractivity contribution < 1.29 is 4.39 Å². The van der Waals surface area contributed by atoms with Gasteiger partial charge in [-0.05, 0) is 84.5 Å². The van der Waals surface area contributed by atoms with E-state index in [1.807, 2.05) is 12.1 Å². The summed E-state index contributed by atoms with van der Waals surface area (Å²) >= 11 is 3.27. The predicted molar refractivity (Wildman–Crippen MR) is 84.1 cm³/mol. The van der Waals surface area contributed by atoms with Crippen molar-refractivity contribution in [2.24, 2.45) is 17.8 Å².